The number of aryl methyl sites for hydroxylation is 1. The van der Waals surface area contributed by atoms with Crippen molar-refractivity contribution in [3.05, 3.63) is 30.1 Å². The van der Waals surface area contributed by atoms with Gasteiger partial charge in [-0.3, -0.25) is 14.6 Å². The van der Waals surface area contributed by atoms with Gasteiger partial charge < -0.3 is 9.80 Å². The van der Waals surface area contributed by atoms with E-state index in [4.69, 9.17) is 0 Å². The van der Waals surface area contributed by atoms with Crippen molar-refractivity contribution in [3.63, 3.8) is 0 Å². The molecular weight excluding hydrogens is 302 g/mol. The van der Waals surface area contributed by atoms with Crippen LogP contribution in [-0.2, 0) is 16.0 Å². The molecule has 0 spiro atoms. The summed E-state index contributed by atoms with van der Waals surface area (Å²) in [5, 5.41) is 0. The summed E-state index contributed by atoms with van der Waals surface area (Å²) in [5.41, 5.74) is 0.974. The number of likely N-dealkylation sites (tertiary alicyclic amines) is 2. The minimum absolute atomic E-state index is 0.234. The number of hydrogen-bond donors (Lipinski definition) is 0. The quantitative estimate of drug-likeness (QED) is 0.805. The predicted molar refractivity (Wildman–Crippen MR) is 92.3 cm³/mol. The van der Waals surface area contributed by atoms with Crippen LogP contribution in [0.25, 0.3) is 0 Å². The fourth-order valence-corrected chi connectivity index (χ4v) is 3.80. The molecule has 2 saturated heterocycles. The van der Waals surface area contributed by atoms with E-state index in [0.29, 0.717) is 25.3 Å². The molecule has 0 N–H and O–H groups in total. The van der Waals surface area contributed by atoms with Crippen LogP contribution in [-0.4, -0.2) is 52.3 Å². The van der Waals surface area contributed by atoms with Crippen LogP contribution in [0.2, 0.25) is 0 Å². The maximum atomic E-state index is 12.7. The maximum absolute atomic E-state index is 12.7. The van der Waals surface area contributed by atoms with E-state index in [-0.39, 0.29) is 11.8 Å². The fraction of sp³-hybridized carbons (Fsp3) is 0.632. The van der Waals surface area contributed by atoms with Gasteiger partial charge in [0.1, 0.15) is 0 Å². The Bertz CT molecular complexity index is 561. The molecule has 1 atom stereocenters. The van der Waals surface area contributed by atoms with E-state index < -0.39 is 0 Å². The van der Waals surface area contributed by atoms with Gasteiger partial charge in [0.2, 0.25) is 11.8 Å². The number of carbonyl (C=O) groups excluding carboxylic acids is 2. The van der Waals surface area contributed by atoms with E-state index in [0.717, 1.165) is 51.0 Å². The van der Waals surface area contributed by atoms with Gasteiger partial charge in [-0.25, -0.2) is 0 Å². The van der Waals surface area contributed by atoms with Crippen molar-refractivity contribution in [2.24, 2.45) is 0 Å². The SMILES string of the molecule is O=C1CCCN1CC[C@@H]1CCCCN1C(=O)CCc1ccccn1. The van der Waals surface area contributed by atoms with Crippen LogP contribution in [0.1, 0.15) is 50.6 Å². The van der Waals surface area contributed by atoms with Gasteiger partial charge in [0.05, 0.1) is 0 Å². The highest BCUT2D eigenvalue weighted by molar-refractivity contribution is 5.78. The first kappa shape index (κ1) is 16.9. The molecule has 0 aromatic carbocycles. The monoisotopic (exact) mass is 329 g/mol. The molecule has 2 fully saturated rings. The van der Waals surface area contributed by atoms with Crippen molar-refractivity contribution >= 4 is 11.8 Å². The molecule has 0 saturated carbocycles. The third-order valence-corrected chi connectivity index (χ3v) is 5.17. The van der Waals surface area contributed by atoms with Gasteiger partial charge in [-0.2, -0.15) is 0 Å². The van der Waals surface area contributed by atoms with Crippen molar-refractivity contribution in [1.29, 1.82) is 0 Å². The van der Waals surface area contributed by atoms with Crippen molar-refractivity contribution in [2.75, 3.05) is 19.6 Å². The second kappa shape index (κ2) is 8.27. The van der Waals surface area contributed by atoms with E-state index in [1.807, 2.05) is 23.1 Å². The third kappa shape index (κ3) is 4.34. The number of amides is 2. The van der Waals surface area contributed by atoms with Gasteiger partial charge in [0.25, 0.3) is 0 Å². The summed E-state index contributed by atoms with van der Waals surface area (Å²) in [4.78, 5) is 32.7. The zero-order valence-corrected chi connectivity index (χ0v) is 14.3. The normalized spacial score (nSPS) is 21.3. The third-order valence-electron chi connectivity index (χ3n) is 5.17. The Hall–Kier alpha value is -1.91. The molecule has 0 aliphatic carbocycles. The van der Waals surface area contributed by atoms with Gasteiger partial charge in [-0.15, -0.1) is 0 Å². The van der Waals surface area contributed by atoms with Crippen LogP contribution < -0.4 is 0 Å². The lowest BCUT2D eigenvalue weighted by Gasteiger charge is -2.36. The van der Waals surface area contributed by atoms with Crippen molar-refractivity contribution in [2.45, 2.75) is 57.4 Å². The van der Waals surface area contributed by atoms with Gasteiger partial charge >= 0.3 is 0 Å². The Morgan fingerprint density at radius 2 is 2.12 bits per heavy atom. The van der Waals surface area contributed by atoms with E-state index in [9.17, 15) is 9.59 Å². The lowest BCUT2D eigenvalue weighted by molar-refractivity contribution is -0.135. The molecule has 5 heteroatoms. The summed E-state index contributed by atoms with van der Waals surface area (Å²) in [7, 11) is 0. The molecule has 1 aromatic heterocycles. The van der Waals surface area contributed by atoms with Crippen LogP contribution in [0.4, 0.5) is 0 Å². The minimum Gasteiger partial charge on any atom is -0.343 e. The number of nitrogens with zero attached hydrogens (tertiary/aromatic N) is 3. The Kier molecular flexibility index (Phi) is 5.83. The van der Waals surface area contributed by atoms with Gasteiger partial charge in [-0.05, 0) is 50.7 Å². The Morgan fingerprint density at radius 3 is 2.88 bits per heavy atom. The van der Waals surface area contributed by atoms with Gasteiger partial charge in [-0.1, -0.05) is 6.07 Å². The van der Waals surface area contributed by atoms with Gasteiger partial charge in [0, 0.05) is 50.4 Å². The molecule has 0 radical (unpaired) electrons. The molecule has 2 aliphatic heterocycles. The van der Waals surface area contributed by atoms with Crippen molar-refractivity contribution < 1.29 is 9.59 Å². The summed E-state index contributed by atoms with van der Waals surface area (Å²) in [6.07, 6.45) is 8.93. The van der Waals surface area contributed by atoms with Crippen LogP contribution in [0.15, 0.2) is 24.4 Å². The van der Waals surface area contributed by atoms with Crippen molar-refractivity contribution in [3.8, 4) is 0 Å². The van der Waals surface area contributed by atoms with Crippen LogP contribution >= 0.6 is 0 Å². The second-order valence-corrected chi connectivity index (χ2v) is 6.83. The first-order valence-electron chi connectivity index (χ1n) is 9.21. The molecule has 24 heavy (non-hydrogen) atoms. The largest absolute Gasteiger partial charge is 0.343 e. The number of carbonyl (C=O) groups is 2. The molecule has 2 amide bonds. The molecule has 1 aromatic rings. The van der Waals surface area contributed by atoms with Crippen LogP contribution in [0.5, 0.6) is 0 Å². The first-order chi connectivity index (χ1) is 11.7. The summed E-state index contributed by atoms with van der Waals surface area (Å²) in [6, 6.07) is 6.12. The molecule has 0 unspecified atom stereocenters. The first-order valence-corrected chi connectivity index (χ1v) is 9.21. The summed E-state index contributed by atoms with van der Waals surface area (Å²) in [6.45, 7) is 2.55. The Balaban J connectivity index is 1.51. The number of hydrogen-bond acceptors (Lipinski definition) is 3. The summed E-state index contributed by atoms with van der Waals surface area (Å²) in [5.74, 6) is 0.511. The predicted octanol–water partition coefficient (Wildman–Crippen LogP) is 2.41. The Labute approximate surface area is 144 Å². The smallest absolute Gasteiger partial charge is 0.223 e. The highest BCUT2D eigenvalue weighted by Crippen LogP contribution is 2.22. The maximum Gasteiger partial charge on any atom is 0.223 e. The lowest BCUT2D eigenvalue weighted by Crippen LogP contribution is -2.45. The van der Waals surface area contributed by atoms with E-state index in [2.05, 4.69) is 9.88 Å². The lowest BCUT2D eigenvalue weighted by atomic mass is 9.98. The highest BCUT2D eigenvalue weighted by Gasteiger charge is 2.28. The number of pyridine rings is 1. The summed E-state index contributed by atoms with van der Waals surface area (Å²) < 4.78 is 0. The molecule has 130 valence electrons. The molecule has 3 rings (SSSR count). The standard InChI is InChI=1S/C19H27N3O2/c23-18-8-5-13-21(18)15-11-17-7-2-4-14-22(17)19(24)10-9-16-6-1-3-12-20-16/h1,3,6,12,17H,2,4-5,7-11,13-15H2/t17-/m0/s1. The molecule has 3 heterocycles. The molecule has 2 aliphatic rings. The number of aromatic nitrogens is 1. The number of rotatable bonds is 6. The van der Waals surface area contributed by atoms with Crippen LogP contribution in [0.3, 0.4) is 0 Å². The average molecular weight is 329 g/mol. The Morgan fingerprint density at radius 1 is 1.21 bits per heavy atom. The fourth-order valence-electron chi connectivity index (χ4n) is 3.80. The second-order valence-electron chi connectivity index (χ2n) is 6.83. The highest BCUT2D eigenvalue weighted by atomic mass is 16.2. The zero-order chi connectivity index (χ0) is 16.8. The average Bonchev–Trinajstić information content (AvgIpc) is 3.04. The molecular formula is C19H27N3O2. The van der Waals surface area contributed by atoms with E-state index in [1.165, 1.54) is 6.42 Å². The molecule has 0 bridgehead atoms. The van der Waals surface area contributed by atoms with Crippen LogP contribution in [0, 0.1) is 0 Å². The summed E-state index contributed by atoms with van der Waals surface area (Å²) >= 11 is 0. The minimum atomic E-state index is 0.234. The topological polar surface area (TPSA) is 53.5 Å². The van der Waals surface area contributed by atoms with Crippen molar-refractivity contribution in [1.82, 2.24) is 14.8 Å². The van der Waals surface area contributed by atoms with Gasteiger partial charge in [0.15, 0.2) is 0 Å². The van der Waals surface area contributed by atoms with E-state index in [1.54, 1.807) is 6.20 Å². The zero-order valence-electron chi connectivity index (χ0n) is 14.3. The number of piperidine rings is 1. The van der Waals surface area contributed by atoms with E-state index >= 15 is 0 Å². The molecule has 5 nitrogen and oxygen atoms in total.